The number of carbonyl (C=O) groups excluding carboxylic acids is 1. The minimum atomic E-state index is -1.95. The SMILES string of the molecule is CC(C)[Si](C(C)C)(C(C)C)n1ccc2c(C3=CCN(C(=O)OC(C)(C)C)CC3)c(F)ccc21. The number of hydrogen-bond acceptors (Lipinski definition) is 2. The summed E-state index contributed by atoms with van der Waals surface area (Å²) in [4.78, 5) is 14.1. The summed E-state index contributed by atoms with van der Waals surface area (Å²) in [5.74, 6) is -0.192. The number of amides is 1. The van der Waals surface area contributed by atoms with E-state index >= 15 is 4.39 Å². The van der Waals surface area contributed by atoms with Gasteiger partial charge in [-0.25, -0.2) is 9.18 Å². The van der Waals surface area contributed by atoms with Gasteiger partial charge in [-0.05, 0) is 73.8 Å². The Bertz CT molecular complexity index is 1020. The Morgan fingerprint density at radius 3 is 2.12 bits per heavy atom. The molecule has 1 aromatic carbocycles. The molecule has 6 heteroatoms. The maximum atomic E-state index is 15.2. The second kappa shape index (κ2) is 9.28. The first-order valence-corrected chi connectivity index (χ1v) is 14.5. The molecule has 0 fully saturated rings. The van der Waals surface area contributed by atoms with Crippen molar-refractivity contribution in [2.75, 3.05) is 13.1 Å². The molecule has 2 aromatic rings. The van der Waals surface area contributed by atoms with Crippen LogP contribution in [0, 0.1) is 5.82 Å². The number of halogens is 1. The molecule has 182 valence electrons. The van der Waals surface area contributed by atoms with E-state index in [0.717, 1.165) is 16.5 Å². The lowest BCUT2D eigenvalue weighted by Gasteiger charge is -2.44. The van der Waals surface area contributed by atoms with Crippen molar-refractivity contribution in [1.82, 2.24) is 9.13 Å². The predicted octanol–water partition coefficient (Wildman–Crippen LogP) is 7.83. The van der Waals surface area contributed by atoms with Gasteiger partial charge in [0.15, 0.2) is 8.24 Å². The van der Waals surface area contributed by atoms with Crippen molar-refractivity contribution in [2.24, 2.45) is 0 Å². The van der Waals surface area contributed by atoms with E-state index in [4.69, 9.17) is 4.74 Å². The first-order valence-electron chi connectivity index (χ1n) is 12.3. The highest BCUT2D eigenvalue weighted by Gasteiger charge is 2.45. The van der Waals surface area contributed by atoms with E-state index < -0.39 is 13.8 Å². The van der Waals surface area contributed by atoms with Crippen molar-refractivity contribution < 1.29 is 13.9 Å². The zero-order valence-corrected chi connectivity index (χ0v) is 22.8. The molecule has 0 N–H and O–H groups in total. The van der Waals surface area contributed by atoms with Gasteiger partial charge >= 0.3 is 6.09 Å². The predicted molar refractivity (Wildman–Crippen MR) is 139 cm³/mol. The molecule has 0 atom stereocenters. The number of aromatic nitrogens is 1. The van der Waals surface area contributed by atoms with Crippen molar-refractivity contribution in [3.05, 3.63) is 41.9 Å². The molecule has 0 unspecified atom stereocenters. The highest BCUT2D eigenvalue weighted by Crippen LogP contribution is 2.45. The van der Waals surface area contributed by atoms with Gasteiger partial charge in [0.1, 0.15) is 11.4 Å². The molecule has 1 aliphatic heterocycles. The zero-order chi connectivity index (χ0) is 24.7. The van der Waals surface area contributed by atoms with Gasteiger partial charge < -0.3 is 13.9 Å². The number of nitrogens with zero attached hydrogens (tertiary/aromatic N) is 2. The van der Waals surface area contributed by atoms with Gasteiger partial charge in [0.25, 0.3) is 0 Å². The quantitative estimate of drug-likeness (QED) is 0.416. The van der Waals surface area contributed by atoms with E-state index in [1.165, 1.54) is 0 Å². The lowest BCUT2D eigenvalue weighted by molar-refractivity contribution is 0.0270. The van der Waals surface area contributed by atoms with Crippen LogP contribution in [-0.2, 0) is 4.74 Å². The van der Waals surface area contributed by atoms with Crippen LogP contribution in [0.5, 0.6) is 0 Å². The van der Waals surface area contributed by atoms with E-state index in [1.807, 2.05) is 32.9 Å². The molecule has 1 aliphatic rings. The van der Waals surface area contributed by atoms with Crippen molar-refractivity contribution in [3.8, 4) is 0 Å². The Kier molecular flexibility index (Phi) is 7.18. The largest absolute Gasteiger partial charge is 0.444 e. The number of hydrogen-bond donors (Lipinski definition) is 0. The van der Waals surface area contributed by atoms with Crippen LogP contribution >= 0.6 is 0 Å². The summed E-state index contributed by atoms with van der Waals surface area (Å²) in [5, 5.41) is 0.978. The minimum Gasteiger partial charge on any atom is -0.444 e. The number of carbonyl (C=O) groups is 1. The molecule has 2 heterocycles. The zero-order valence-electron chi connectivity index (χ0n) is 21.8. The van der Waals surface area contributed by atoms with Gasteiger partial charge in [-0.15, -0.1) is 0 Å². The molecule has 0 saturated carbocycles. The van der Waals surface area contributed by atoms with Crippen LogP contribution in [-0.4, -0.2) is 42.2 Å². The second-order valence-electron chi connectivity index (χ2n) is 11.3. The van der Waals surface area contributed by atoms with Crippen LogP contribution in [0.2, 0.25) is 16.6 Å². The fourth-order valence-electron chi connectivity index (χ4n) is 6.08. The van der Waals surface area contributed by atoms with Crippen LogP contribution in [0.1, 0.15) is 74.3 Å². The Labute approximate surface area is 199 Å². The van der Waals surface area contributed by atoms with Crippen molar-refractivity contribution in [1.29, 1.82) is 0 Å². The van der Waals surface area contributed by atoms with Crippen molar-refractivity contribution >= 4 is 30.8 Å². The molecule has 4 nitrogen and oxygen atoms in total. The average Bonchev–Trinajstić information content (AvgIpc) is 3.10. The van der Waals surface area contributed by atoms with Crippen LogP contribution in [0.15, 0.2) is 30.5 Å². The summed E-state index contributed by atoms with van der Waals surface area (Å²) in [6.45, 7) is 20.6. The lowest BCUT2D eigenvalue weighted by atomic mass is 9.96. The van der Waals surface area contributed by atoms with E-state index in [2.05, 4.69) is 58.0 Å². The number of rotatable bonds is 5. The highest BCUT2D eigenvalue weighted by atomic mass is 28.3. The third-order valence-electron chi connectivity index (χ3n) is 7.20. The maximum Gasteiger partial charge on any atom is 0.410 e. The summed E-state index contributed by atoms with van der Waals surface area (Å²) in [5.41, 5.74) is 3.93. The first kappa shape index (κ1) is 25.5. The van der Waals surface area contributed by atoms with E-state index in [9.17, 15) is 4.79 Å². The van der Waals surface area contributed by atoms with Crippen LogP contribution in [0.3, 0.4) is 0 Å². The number of fused-ring (bicyclic) bond motifs is 1. The van der Waals surface area contributed by atoms with Crippen LogP contribution in [0.25, 0.3) is 16.5 Å². The molecule has 3 rings (SSSR count). The molecule has 1 amide bonds. The Morgan fingerprint density at radius 1 is 1.03 bits per heavy atom. The van der Waals surface area contributed by atoms with Crippen molar-refractivity contribution in [2.45, 2.75) is 91.0 Å². The molecule has 1 aromatic heterocycles. The molecule has 0 aliphatic carbocycles. The Balaban J connectivity index is 2.04. The first-order chi connectivity index (χ1) is 15.3. The van der Waals surface area contributed by atoms with Crippen molar-refractivity contribution in [3.63, 3.8) is 0 Å². The van der Waals surface area contributed by atoms with Gasteiger partial charge in [-0.1, -0.05) is 47.6 Å². The summed E-state index contributed by atoms with van der Waals surface area (Å²) in [6, 6.07) is 5.68. The minimum absolute atomic E-state index is 0.192. The summed E-state index contributed by atoms with van der Waals surface area (Å²) in [6.07, 6.45) is 4.49. The lowest BCUT2D eigenvalue weighted by Crippen LogP contribution is -2.51. The monoisotopic (exact) mass is 472 g/mol. The van der Waals surface area contributed by atoms with Crippen LogP contribution < -0.4 is 0 Å². The summed E-state index contributed by atoms with van der Waals surface area (Å²) >= 11 is 0. The summed E-state index contributed by atoms with van der Waals surface area (Å²) in [7, 11) is -1.95. The normalized spacial score (nSPS) is 15.7. The Hall–Kier alpha value is -2.08. The standard InChI is InChI=1S/C27H41FN2O2Si/c1-18(2)33(19(3)4,20(5)6)30-17-14-22-24(30)11-10-23(28)25(22)21-12-15-29(16-13-21)26(31)32-27(7,8)9/h10-12,14,17-20H,13,15-16H2,1-9H3. The van der Waals surface area contributed by atoms with Crippen LogP contribution in [0.4, 0.5) is 9.18 Å². The third-order valence-corrected chi connectivity index (χ3v) is 14.0. The number of benzene rings is 1. The van der Waals surface area contributed by atoms with Gasteiger partial charge in [0.2, 0.25) is 0 Å². The maximum absolute atomic E-state index is 15.2. The third kappa shape index (κ3) is 4.64. The highest BCUT2D eigenvalue weighted by molar-refractivity contribution is 6.82. The summed E-state index contributed by atoms with van der Waals surface area (Å²) < 4.78 is 23.3. The van der Waals surface area contributed by atoms with E-state index in [0.29, 0.717) is 41.7 Å². The second-order valence-corrected chi connectivity index (χ2v) is 17.0. The fraction of sp³-hybridized carbons (Fsp3) is 0.593. The average molecular weight is 473 g/mol. The van der Waals surface area contributed by atoms with Gasteiger partial charge in [-0.3, -0.25) is 0 Å². The molecular weight excluding hydrogens is 431 g/mol. The van der Waals surface area contributed by atoms with E-state index in [1.54, 1.807) is 11.0 Å². The smallest absolute Gasteiger partial charge is 0.410 e. The van der Waals surface area contributed by atoms with Gasteiger partial charge in [0, 0.05) is 29.6 Å². The molecule has 33 heavy (non-hydrogen) atoms. The topological polar surface area (TPSA) is 34.5 Å². The molecule has 0 bridgehead atoms. The number of ether oxygens (including phenoxy) is 1. The molecule has 0 radical (unpaired) electrons. The molecular formula is C27H41FN2O2Si. The van der Waals surface area contributed by atoms with Gasteiger partial charge in [-0.2, -0.15) is 0 Å². The fourth-order valence-corrected chi connectivity index (χ4v) is 12.7. The molecule has 0 saturated heterocycles. The van der Waals surface area contributed by atoms with E-state index in [-0.39, 0.29) is 11.9 Å². The van der Waals surface area contributed by atoms with Gasteiger partial charge in [0.05, 0.1) is 0 Å². The Morgan fingerprint density at radius 2 is 1.64 bits per heavy atom. The molecule has 0 spiro atoms.